The fourth-order valence-electron chi connectivity index (χ4n) is 1.59. The van der Waals surface area contributed by atoms with Crippen LogP contribution in [0.4, 0.5) is 8.78 Å². The Morgan fingerprint density at radius 2 is 1.82 bits per heavy atom. The number of thiophene rings is 1. The van der Waals surface area contributed by atoms with Crippen molar-refractivity contribution in [3.8, 4) is 0 Å². The van der Waals surface area contributed by atoms with Crippen molar-refractivity contribution in [1.29, 1.82) is 0 Å². The third-order valence-electron chi connectivity index (χ3n) is 2.36. The van der Waals surface area contributed by atoms with E-state index in [1.807, 2.05) is 12.1 Å². The standard InChI is InChI=1S/C12H10BrF2NS/c13-12-2-1-10(17-12)6-11(16)7-3-8(14)5-9(15)4-7/h1-5,11H,6,16H2. The SMILES string of the molecule is NC(Cc1ccc(Br)s1)c1cc(F)cc(F)c1. The van der Waals surface area contributed by atoms with Gasteiger partial charge in [0.2, 0.25) is 0 Å². The second-order valence-electron chi connectivity index (χ2n) is 3.72. The number of rotatable bonds is 3. The maximum Gasteiger partial charge on any atom is 0.126 e. The summed E-state index contributed by atoms with van der Waals surface area (Å²) in [5, 5.41) is 0. The van der Waals surface area contributed by atoms with Crippen LogP contribution in [0.5, 0.6) is 0 Å². The number of hydrogen-bond donors (Lipinski definition) is 1. The summed E-state index contributed by atoms with van der Waals surface area (Å²) in [5.41, 5.74) is 6.41. The molecule has 1 nitrogen and oxygen atoms in total. The van der Waals surface area contributed by atoms with Gasteiger partial charge in [0, 0.05) is 23.4 Å². The highest BCUT2D eigenvalue weighted by Crippen LogP contribution is 2.26. The quantitative estimate of drug-likeness (QED) is 0.908. The van der Waals surface area contributed by atoms with Crippen molar-refractivity contribution >= 4 is 27.3 Å². The van der Waals surface area contributed by atoms with Gasteiger partial charge in [0.1, 0.15) is 11.6 Å². The van der Waals surface area contributed by atoms with E-state index in [9.17, 15) is 8.78 Å². The Morgan fingerprint density at radius 1 is 1.18 bits per heavy atom. The van der Waals surface area contributed by atoms with Crippen LogP contribution in [0.15, 0.2) is 34.1 Å². The van der Waals surface area contributed by atoms with Crippen LogP contribution in [0.25, 0.3) is 0 Å². The lowest BCUT2D eigenvalue weighted by Crippen LogP contribution is -2.13. The smallest absolute Gasteiger partial charge is 0.126 e. The highest BCUT2D eigenvalue weighted by atomic mass is 79.9. The first kappa shape index (κ1) is 12.7. The Balaban J connectivity index is 2.16. The van der Waals surface area contributed by atoms with E-state index in [1.165, 1.54) is 12.1 Å². The van der Waals surface area contributed by atoms with E-state index in [-0.39, 0.29) is 0 Å². The van der Waals surface area contributed by atoms with E-state index in [4.69, 9.17) is 5.73 Å². The first-order chi connectivity index (χ1) is 8.04. The van der Waals surface area contributed by atoms with Crippen molar-refractivity contribution in [2.24, 2.45) is 5.73 Å². The van der Waals surface area contributed by atoms with Crippen molar-refractivity contribution in [2.75, 3.05) is 0 Å². The third kappa shape index (κ3) is 3.34. The molecule has 0 saturated carbocycles. The largest absolute Gasteiger partial charge is 0.324 e. The average Bonchev–Trinajstić information content (AvgIpc) is 2.62. The maximum absolute atomic E-state index is 13.0. The molecule has 1 unspecified atom stereocenters. The summed E-state index contributed by atoms with van der Waals surface area (Å²) >= 11 is 4.93. The molecule has 1 atom stereocenters. The zero-order chi connectivity index (χ0) is 12.4. The van der Waals surface area contributed by atoms with Crippen LogP contribution in [-0.4, -0.2) is 0 Å². The van der Waals surface area contributed by atoms with Crippen LogP contribution in [0.2, 0.25) is 0 Å². The highest BCUT2D eigenvalue weighted by molar-refractivity contribution is 9.11. The molecule has 0 spiro atoms. The molecule has 0 fully saturated rings. The van der Waals surface area contributed by atoms with E-state index >= 15 is 0 Å². The van der Waals surface area contributed by atoms with Gasteiger partial charge in [0.15, 0.2) is 0 Å². The van der Waals surface area contributed by atoms with Gasteiger partial charge in [0.25, 0.3) is 0 Å². The van der Waals surface area contributed by atoms with E-state index in [1.54, 1.807) is 11.3 Å². The molecule has 90 valence electrons. The Kier molecular flexibility index (Phi) is 3.91. The average molecular weight is 318 g/mol. The molecule has 2 rings (SSSR count). The lowest BCUT2D eigenvalue weighted by molar-refractivity contribution is 0.573. The van der Waals surface area contributed by atoms with Crippen molar-refractivity contribution in [1.82, 2.24) is 0 Å². The normalized spacial score (nSPS) is 12.7. The molecule has 2 N–H and O–H groups in total. The zero-order valence-electron chi connectivity index (χ0n) is 8.79. The van der Waals surface area contributed by atoms with Gasteiger partial charge in [-0.2, -0.15) is 0 Å². The van der Waals surface area contributed by atoms with Gasteiger partial charge in [-0.1, -0.05) is 0 Å². The van der Waals surface area contributed by atoms with Crippen molar-refractivity contribution < 1.29 is 8.78 Å². The van der Waals surface area contributed by atoms with Gasteiger partial charge in [-0.05, 0) is 45.8 Å². The molecule has 17 heavy (non-hydrogen) atoms. The number of benzene rings is 1. The van der Waals surface area contributed by atoms with Crippen molar-refractivity contribution in [3.63, 3.8) is 0 Å². The molecule has 0 aliphatic rings. The Morgan fingerprint density at radius 3 is 2.35 bits per heavy atom. The summed E-state index contributed by atoms with van der Waals surface area (Å²) in [6.45, 7) is 0. The Labute approximate surface area is 110 Å². The van der Waals surface area contributed by atoms with Gasteiger partial charge < -0.3 is 5.73 Å². The predicted octanol–water partition coefficient (Wildman–Crippen LogP) is 4.03. The minimum absolute atomic E-state index is 0.397. The van der Waals surface area contributed by atoms with Gasteiger partial charge >= 0.3 is 0 Å². The predicted molar refractivity (Wildman–Crippen MR) is 69.0 cm³/mol. The molecule has 0 saturated heterocycles. The number of nitrogens with two attached hydrogens (primary N) is 1. The number of hydrogen-bond acceptors (Lipinski definition) is 2. The summed E-state index contributed by atoms with van der Waals surface area (Å²) in [7, 11) is 0. The molecule has 1 heterocycles. The van der Waals surface area contributed by atoms with E-state index in [2.05, 4.69) is 15.9 Å². The van der Waals surface area contributed by atoms with E-state index in [0.717, 1.165) is 14.7 Å². The summed E-state index contributed by atoms with van der Waals surface area (Å²) in [6.07, 6.45) is 0.569. The van der Waals surface area contributed by atoms with E-state index in [0.29, 0.717) is 12.0 Å². The molecule has 0 amide bonds. The molecule has 5 heteroatoms. The molecule has 2 aromatic rings. The molecule has 0 bridgehead atoms. The minimum Gasteiger partial charge on any atom is -0.324 e. The van der Waals surface area contributed by atoms with Crippen LogP contribution < -0.4 is 5.73 Å². The highest BCUT2D eigenvalue weighted by Gasteiger charge is 2.11. The Hall–Kier alpha value is -0.780. The molecule has 1 aromatic carbocycles. The number of halogens is 3. The van der Waals surface area contributed by atoms with Gasteiger partial charge in [-0.25, -0.2) is 8.78 Å². The van der Waals surface area contributed by atoms with Crippen molar-refractivity contribution in [3.05, 3.63) is 56.2 Å². The lowest BCUT2D eigenvalue weighted by Gasteiger charge is -2.11. The van der Waals surface area contributed by atoms with Crippen LogP contribution in [0.3, 0.4) is 0 Å². The summed E-state index contributed by atoms with van der Waals surface area (Å²) in [6, 6.07) is 6.87. The zero-order valence-corrected chi connectivity index (χ0v) is 11.2. The minimum atomic E-state index is -0.595. The fraction of sp³-hybridized carbons (Fsp3) is 0.167. The lowest BCUT2D eigenvalue weighted by atomic mass is 10.0. The summed E-state index contributed by atoms with van der Waals surface area (Å²) < 4.78 is 27.1. The first-order valence-corrected chi connectivity index (χ1v) is 6.61. The summed E-state index contributed by atoms with van der Waals surface area (Å²) in [5.74, 6) is -1.19. The molecule has 1 aromatic heterocycles. The molecule has 0 aliphatic heterocycles. The molecule has 0 radical (unpaired) electrons. The fourth-order valence-corrected chi connectivity index (χ4v) is 3.13. The van der Waals surface area contributed by atoms with E-state index < -0.39 is 17.7 Å². The first-order valence-electron chi connectivity index (χ1n) is 5.00. The summed E-state index contributed by atoms with van der Waals surface area (Å²) in [4.78, 5) is 1.08. The van der Waals surface area contributed by atoms with Crippen LogP contribution >= 0.6 is 27.3 Å². The van der Waals surface area contributed by atoms with Crippen LogP contribution in [-0.2, 0) is 6.42 Å². The van der Waals surface area contributed by atoms with Gasteiger partial charge in [-0.15, -0.1) is 11.3 Å². The van der Waals surface area contributed by atoms with Crippen LogP contribution in [0.1, 0.15) is 16.5 Å². The monoisotopic (exact) mass is 317 g/mol. The second-order valence-corrected chi connectivity index (χ2v) is 6.27. The third-order valence-corrected chi connectivity index (χ3v) is 4.01. The van der Waals surface area contributed by atoms with Crippen molar-refractivity contribution in [2.45, 2.75) is 12.5 Å². The molecular weight excluding hydrogens is 308 g/mol. The topological polar surface area (TPSA) is 26.0 Å². The molecular formula is C12H10BrF2NS. The van der Waals surface area contributed by atoms with Crippen LogP contribution in [0, 0.1) is 11.6 Å². The Bertz CT molecular complexity index is 507. The van der Waals surface area contributed by atoms with Gasteiger partial charge in [-0.3, -0.25) is 0 Å². The second kappa shape index (κ2) is 5.25. The maximum atomic E-state index is 13.0. The van der Waals surface area contributed by atoms with Gasteiger partial charge in [0.05, 0.1) is 3.79 Å². The molecule has 0 aliphatic carbocycles.